The van der Waals surface area contributed by atoms with Crippen molar-refractivity contribution < 1.29 is 9.18 Å². The van der Waals surface area contributed by atoms with Gasteiger partial charge in [0.15, 0.2) is 0 Å². The Morgan fingerprint density at radius 2 is 1.52 bits per heavy atom. The molecule has 0 saturated heterocycles. The van der Waals surface area contributed by atoms with E-state index in [0.29, 0.717) is 5.56 Å². The van der Waals surface area contributed by atoms with Crippen LogP contribution < -0.4 is 10.9 Å². The molecular weight excluding hydrogens is 393 g/mol. The Morgan fingerprint density at radius 1 is 0.871 bits per heavy atom. The zero-order chi connectivity index (χ0) is 21.6. The van der Waals surface area contributed by atoms with Crippen LogP contribution in [-0.4, -0.2) is 15.7 Å². The zero-order valence-electron chi connectivity index (χ0n) is 16.6. The number of hydrogen-bond donors (Lipinski definition) is 1. The molecule has 1 amide bonds. The summed E-state index contributed by atoms with van der Waals surface area (Å²) in [5, 5.41) is 7.22. The molecule has 0 radical (unpaired) electrons. The molecular formula is C25H20FN3O2. The predicted octanol–water partition coefficient (Wildman–Crippen LogP) is 3.95. The van der Waals surface area contributed by atoms with Crippen LogP contribution >= 0.6 is 0 Å². The van der Waals surface area contributed by atoms with Crippen LogP contribution in [0.4, 0.5) is 4.39 Å². The molecule has 0 aliphatic heterocycles. The standard InChI is InChI=1S/C25H20FN3O2/c26-21-13-7-8-18(16-21)17-29-23(30)15-14-22(28-29)25(31)27-24(19-9-3-1-4-10-19)20-11-5-2-6-12-20/h1-16,24H,17H2,(H,27,31). The fourth-order valence-electron chi connectivity index (χ4n) is 3.35. The SMILES string of the molecule is O=C(NC(c1ccccc1)c1ccccc1)c1ccc(=O)n(Cc2cccc(F)c2)n1. The molecule has 1 heterocycles. The lowest BCUT2D eigenvalue weighted by Gasteiger charge is -2.20. The molecule has 1 aromatic heterocycles. The molecule has 0 atom stereocenters. The van der Waals surface area contributed by atoms with Gasteiger partial charge in [0.2, 0.25) is 0 Å². The van der Waals surface area contributed by atoms with Gasteiger partial charge in [-0.2, -0.15) is 5.10 Å². The molecule has 31 heavy (non-hydrogen) atoms. The summed E-state index contributed by atoms with van der Waals surface area (Å²) in [6, 6.07) is 27.5. The molecule has 0 bridgehead atoms. The molecule has 0 spiro atoms. The van der Waals surface area contributed by atoms with Gasteiger partial charge in [0.1, 0.15) is 11.5 Å². The van der Waals surface area contributed by atoms with Gasteiger partial charge in [0, 0.05) is 6.07 Å². The van der Waals surface area contributed by atoms with E-state index in [1.165, 1.54) is 24.3 Å². The summed E-state index contributed by atoms with van der Waals surface area (Å²) >= 11 is 0. The number of amides is 1. The highest BCUT2D eigenvalue weighted by molar-refractivity contribution is 5.92. The summed E-state index contributed by atoms with van der Waals surface area (Å²) in [6.45, 7) is 0.0680. The van der Waals surface area contributed by atoms with E-state index >= 15 is 0 Å². The van der Waals surface area contributed by atoms with Crippen molar-refractivity contribution in [1.29, 1.82) is 0 Å². The molecule has 3 aromatic carbocycles. The van der Waals surface area contributed by atoms with Gasteiger partial charge in [-0.15, -0.1) is 0 Å². The lowest BCUT2D eigenvalue weighted by atomic mass is 9.98. The second kappa shape index (κ2) is 9.17. The number of nitrogens with zero attached hydrogens (tertiary/aromatic N) is 2. The fraction of sp³-hybridized carbons (Fsp3) is 0.0800. The Hall–Kier alpha value is -4.06. The molecule has 0 unspecified atom stereocenters. The van der Waals surface area contributed by atoms with Crippen LogP contribution in [-0.2, 0) is 6.54 Å². The van der Waals surface area contributed by atoms with E-state index in [9.17, 15) is 14.0 Å². The maximum atomic E-state index is 13.5. The smallest absolute Gasteiger partial charge is 0.272 e. The topological polar surface area (TPSA) is 64.0 Å². The first kappa shape index (κ1) is 20.2. The van der Waals surface area contributed by atoms with Crippen molar-refractivity contribution in [3.8, 4) is 0 Å². The molecule has 4 aromatic rings. The van der Waals surface area contributed by atoms with Gasteiger partial charge in [-0.05, 0) is 34.9 Å². The van der Waals surface area contributed by atoms with E-state index < -0.39 is 11.7 Å². The van der Waals surface area contributed by atoms with Gasteiger partial charge in [0.05, 0.1) is 12.6 Å². The lowest BCUT2D eigenvalue weighted by Crippen LogP contribution is -2.32. The molecule has 5 nitrogen and oxygen atoms in total. The van der Waals surface area contributed by atoms with Crippen LogP contribution in [0.1, 0.15) is 33.2 Å². The van der Waals surface area contributed by atoms with Gasteiger partial charge in [-0.25, -0.2) is 9.07 Å². The molecule has 6 heteroatoms. The van der Waals surface area contributed by atoms with Crippen molar-refractivity contribution in [3.05, 3.63) is 136 Å². The highest BCUT2D eigenvalue weighted by Crippen LogP contribution is 2.22. The number of carbonyl (C=O) groups excluding carboxylic acids is 1. The third-order valence-corrected chi connectivity index (χ3v) is 4.86. The van der Waals surface area contributed by atoms with Gasteiger partial charge >= 0.3 is 0 Å². The summed E-state index contributed by atoms with van der Waals surface area (Å²) in [5.74, 6) is -0.807. The maximum absolute atomic E-state index is 13.5. The number of hydrogen-bond acceptors (Lipinski definition) is 3. The molecule has 4 rings (SSSR count). The van der Waals surface area contributed by atoms with E-state index in [0.717, 1.165) is 15.8 Å². The number of benzene rings is 3. The Morgan fingerprint density at radius 3 is 2.13 bits per heavy atom. The van der Waals surface area contributed by atoms with Crippen molar-refractivity contribution in [3.63, 3.8) is 0 Å². The number of carbonyl (C=O) groups is 1. The van der Waals surface area contributed by atoms with E-state index in [1.807, 2.05) is 60.7 Å². The Kier molecular flexibility index (Phi) is 5.98. The first-order valence-corrected chi connectivity index (χ1v) is 9.83. The molecule has 0 saturated carbocycles. The van der Waals surface area contributed by atoms with Crippen LogP contribution in [0.2, 0.25) is 0 Å². The normalized spacial score (nSPS) is 10.8. The van der Waals surface area contributed by atoms with Gasteiger partial charge in [-0.1, -0.05) is 72.8 Å². The number of nitrogens with one attached hydrogen (secondary N) is 1. The first-order valence-electron chi connectivity index (χ1n) is 9.83. The third-order valence-electron chi connectivity index (χ3n) is 4.86. The Labute approximate surface area is 178 Å². The molecule has 0 aliphatic carbocycles. The first-order chi connectivity index (χ1) is 15.1. The quantitative estimate of drug-likeness (QED) is 0.521. The number of halogens is 1. The number of aromatic nitrogens is 2. The zero-order valence-corrected chi connectivity index (χ0v) is 16.6. The summed E-state index contributed by atoms with van der Waals surface area (Å²) in [6.07, 6.45) is 0. The highest BCUT2D eigenvalue weighted by atomic mass is 19.1. The van der Waals surface area contributed by atoms with Crippen molar-refractivity contribution in [2.24, 2.45) is 0 Å². The van der Waals surface area contributed by atoms with Gasteiger partial charge < -0.3 is 5.32 Å². The van der Waals surface area contributed by atoms with Crippen molar-refractivity contribution in [1.82, 2.24) is 15.1 Å². The van der Waals surface area contributed by atoms with Crippen LogP contribution in [0.5, 0.6) is 0 Å². The van der Waals surface area contributed by atoms with E-state index in [4.69, 9.17) is 0 Å². The molecule has 0 fully saturated rings. The van der Waals surface area contributed by atoms with Crippen molar-refractivity contribution in [2.45, 2.75) is 12.6 Å². The maximum Gasteiger partial charge on any atom is 0.272 e. The van der Waals surface area contributed by atoms with Crippen LogP contribution in [0.25, 0.3) is 0 Å². The van der Waals surface area contributed by atoms with E-state index in [1.54, 1.807) is 12.1 Å². The van der Waals surface area contributed by atoms with Crippen molar-refractivity contribution >= 4 is 5.91 Å². The predicted molar refractivity (Wildman–Crippen MR) is 116 cm³/mol. The minimum atomic E-state index is -0.411. The largest absolute Gasteiger partial charge is 0.340 e. The van der Waals surface area contributed by atoms with E-state index in [-0.39, 0.29) is 23.8 Å². The average Bonchev–Trinajstić information content (AvgIpc) is 2.80. The monoisotopic (exact) mass is 413 g/mol. The summed E-state index contributed by atoms with van der Waals surface area (Å²) in [4.78, 5) is 25.2. The van der Waals surface area contributed by atoms with Crippen molar-refractivity contribution in [2.75, 3.05) is 0 Å². The minimum Gasteiger partial charge on any atom is -0.340 e. The van der Waals surface area contributed by atoms with Crippen LogP contribution in [0, 0.1) is 5.82 Å². The lowest BCUT2D eigenvalue weighted by molar-refractivity contribution is 0.0935. The van der Waals surface area contributed by atoms with Crippen LogP contribution in [0.15, 0.2) is 102 Å². The second-order valence-electron chi connectivity index (χ2n) is 7.07. The number of rotatable bonds is 6. The Balaban J connectivity index is 1.61. The molecule has 1 N–H and O–H groups in total. The molecule has 0 aliphatic rings. The van der Waals surface area contributed by atoms with Gasteiger partial charge in [-0.3, -0.25) is 9.59 Å². The Bertz CT molecular complexity index is 1200. The third kappa shape index (κ3) is 4.93. The summed E-state index contributed by atoms with van der Waals surface area (Å²) < 4.78 is 14.6. The van der Waals surface area contributed by atoms with Crippen LogP contribution in [0.3, 0.4) is 0 Å². The second-order valence-corrected chi connectivity index (χ2v) is 7.07. The summed E-state index contributed by atoms with van der Waals surface area (Å²) in [7, 11) is 0. The fourth-order valence-corrected chi connectivity index (χ4v) is 3.35. The minimum absolute atomic E-state index is 0.0680. The highest BCUT2D eigenvalue weighted by Gasteiger charge is 2.19. The van der Waals surface area contributed by atoms with E-state index in [2.05, 4.69) is 10.4 Å². The molecule has 154 valence electrons. The average molecular weight is 413 g/mol. The summed E-state index contributed by atoms with van der Waals surface area (Å²) in [5.41, 5.74) is 2.17. The van der Waals surface area contributed by atoms with Gasteiger partial charge in [0.25, 0.3) is 11.5 Å².